The summed E-state index contributed by atoms with van der Waals surface area (Å²) >= 11 is 0. The molecule has 0 aliphatic heterocycles. The summed E-state index contributed by atoms with van der Waals surface area (Å²) in [6.07, 6.45) is 61.1. The van der Waals surface area contributed by atoms with Crippen molar-refractivity contribution in [1.82, 2.24) is 0 Å². The second-order valence-corrected chi connectivity index (χ2v) is 20.1. The summed E-state index contributed by atoms with van der Waals surface area (Å²) in [4.78, 5) is 48.5. The van der Waals surface area contributed by atoms with Crippen molar-refractivity contribution in [2.45, 2.75) is 251 Å². The van der Waals surface area contributed by atoms with Gasteiger partial charge in [-0.15, -0.1) is 0 Å². The molecule has 72 heavy (non-hydrogen) atoms. The lowest BCUT2D eigenvalue weighted by Crippen LogP contribution is -2.30. The van der Waals surface area contributed by atoms with Gasteiger partial charge in [0.2, 0.25) is 0 Å². The number of aliphatic hydroxyl groups is 1. The highest BCUT2D eigenvalue weighted by molar-refractivity contribution is 7.47. The van der Waals surface area contributed by atoms with Gasteiger partial charge < -0.3 is 24.2 Å². The zero-order chi connectivity index (χ0) is 52.7. The van der Waals surface area contributed by atoms with Crippen LogP contribution in [-0.4, -0.2) is 66.5 Å². The van der Waals surface area contributed by atoms with E-state index in [9.17, 15) is 28.9 Å². The number of rotatable bonds is 52. The Balaban J connectivity index is 4.77. The fraction of sp³-hybridized carbons (Fsp3) is 0.717. The monoisotopic (exact) mass is 1030 g/mol. The van der Waals surface area contributed by atoms with E-state index in [-0.39, 0.29) is 25.9 Å². The summed E-state index contributed by atoms with van der Waals surface area (Å²) in [7, 11) is -4.76. The highest BCUT2D eigenvalue weighted by Crippen LogP contribution is 2.43. The van der Waals surface area contributed by atoms with Crippen molar-refractivity contribution in [1.29, 1.82) is 0 Å². The Hall–Kier alpha value is -3.34. The molecule has 0 radical (unpaired) electrons. The van der Waals surface area contributed by atoms with Gasteiger partial charge in [0.25, 0.3) is 0 Å². The van der Waals surface area contributed by atoms with Crippen LogP contribution in [0.15, 0.2) is 85.1 Å². The molecule has 3 unspecified atom stereocenters. The van der Waals surface area contributed by atoms with Gasteiger partial charge in [-0.05, 0) is 109 Å². The van der Waals surface area contributed by atoms with E-state index in [2.05, 4.69) is 106 Å². The van der Waals surface area contributed by atoms with E-state index < -0.39 is 57.8 Å². The van der Waals surface area contributed by atoms with E-state index in [4.69, 9.17) is 23.3 Å². The van der Waals surface area contributed by atoms with E-state index in [1.54, 1.807) is 0 Å². The van der Waals surface area contributed by atoms with Crippen molar-refractivity contribution in [2.75, 3.05) is 26.4 Å². The van der Waals surface area contributed by atoms with Gasteiger partial charge in [0.1, 0.15) is 12.7 Å². The topological polar surface area (TPSA) is 155 Å². The Kier molecular flexibility index (Phi) is 51.4. The molecule has 0 amide bonds. The fourth-order valence-electron chi connectivity index (χ4n) is 7.50. The van der Waals surface area contributed by atoms with Crippen LogP contribution < -0.4 is 0 Å². The van der Waals surface area contributed by atoms with Crippen LogP contribution in [0.2, 0.25) is 0 Å². The average molecular weight is 1030 g/mol. The van der Waals surface area contributed by atoms with Gasteiger partial charge in [-0.25, -0.2) is 4.57 Å². The van der Waals surface area contributed by atoms with Gasteiger partial charge in [0.05, 0.1) is 19.8 Å². The molecule has 12 heteroatoms. The van der Waals surface area contributed by atoms with Crippen LogP contribution in [0.4, 0.5) is 0 Å². The standard InChI is InChI=1S/C60H103O11P/c1-4-7-10-13-16-19-22-25-27-28-30-32-34-37-40-43-46-49-58(62)67-53-57(71-60(64)51-48-45-42-39-36-33-29-26-23-20-17-14-11-8-5-2)55-69-72(65,66)68-54-56(52-61)70-59(63)50-47-44-41-38-35-31-24-21-18-15-12-9-6-3/h7-8,10-11,16-17,19-21,24-27,29,56-57,61H,4-6,9,12-15,18,22-23,28,30-55H2,1-3H3,(H,65,66)/b10-7-,11-8-,19-16-,20-17-,24-21-,27-25-,29-26-. The third kappa shape index (κ3) is 51.6. The van der Waals surface area contributed by atoms with Crippen LogP contribution in [0.1, 0.15) is 239 Å². The lowest BCUT2D eigenvalue weighted by molar-refractivity contribution is -0.161. The number of esters is 3. The Labute approximate surface area is 439 Å². The Morgan fingerprint density at radius 1 is 0.403 bits per heavy atom. The van der Waals surface area contributed by atoms with Crippen LogP contribution in [0, 0.1) is 0 Å². The molecular weight excluding hydrogens is 928 g/mol. The molecule has 2 N–H and O–H groups in total. The van der Waals surface area contributed by atoms with Crippen molar-refractivity contribution in [3.63, 3.8) is 0 Å². The smallest absolute Gasteiger partial charge is 0.462 e. The molecule has 0 saturated carbocycles. The summed E-state index contributed by atoms with van der Waals surface area (Å²) in [6, 6.07) is 0. The van der Waals surface area contributed by atoms with Crippen molar-refractivity contribution in [2.24, 2.45) is 0 Å². The number of hydrogen-bond acceptors (Lipinski definition) is 10. The lowest BCUT2D eigenvalue weighted by atomic mass is 10.1. The van der Waals surface area contributed by atoms with Crippen molar-refractivity contribution < 1.29 is 52.2 Å². The minimum atomic E-state index is -4.76. The quantitative estimate of drug-likeness (QED) is 0.0197. The largest absolute Gasteiger partial charge is 0.472 e. The van der Waals surface area contributed by atoms with Gasteiger partial charge in [0.15, 0.2) is 6.10 Å². The summed E-state index contributed by atoms with van der Waals surface area (Å²) in [5.41, 5.74) is 0. The molecule has 0 rings (SSSR count). The van der Waals surface area contributed by atoms with E-state index in [1.807, 2.05) is 0 Å². The SMILES string of the molecule is CC/C=C\C/C=C\C/C=C\CCCCCCCCCC(=O)OCC(COP(=O)(O)OCC(CO)OC(=O)CCCCCCC/C=C\CCCCCC)OC(=O)CCCCCCC/C=C\C/C=C\C/C=C\CC. The number of aliphatic hydroxyl groups excluding tert-OH is 1. The Morgan fingerprint density at radius 2 is 0.722 bits per heavy atom. The van der Waals surface area contributed by atoms with Gasteiger partial charge in [-0.3, -0.25) is 23.4 Å². The molecule has 0 bridgehead atoms. The Morgan fingerprint density at radius 3 is 1.12 bits per heavy atom. The van der Waals surface area contributed by atoms with Crippen LogP contribution >= 0.6 is 7.82 Å². The predicted octanol–water partition coefficient (Wildman–Crippen LogP) is 16.7. The molecule has 0 aliphatic rings. The second kappa shape index (κ2) is 53.9. The molecule has 0 aromatic carbocycles. The molecule has 0 saturated heterocycles. The van der Waals surface area contributed by atoms with E-state index >= 15 is 0 Å². The maximum atomic E-state index is 12.9. The first-order chi connectivity index (χ1) is 35.2. The minimum absolute atomic E-state index is 0.142. The third-order valence-corrected chi connectivity index (χ3v) is 12.7. The molecule has 0 heterocycles. The number of phosphoric ester groups is 1. The van der Waals surface area contributed by atoms with Crippen LogP contribution in [-0.2, 0) is 42.2 Å². The summed E-state index contributed by atoms with van der Waals surface area (Å²) in [5.74, 6) is -1.51. The van der Waals surface area contributed by atoms with Crippen molar-refractivity contribution >= 4 is 25.7 Å². The van der Waals surface area contributed by atoms with E-state index in [0.29, 0.717) is 19.3 Å². The number of hydrogen-bond donors (Lipinski definition) is 2. The minimum Gasteiger partial charge on any atom is -0.462 e. The molecule has 0 fully saturated rings. The van der Waals surface area contributed by atoms with Gasteiger partial charge in [0, 0.05) is 19.3 Å². The Bertz CT molecular complexity index is 1530. The van der Waals surface area contributed by atoms with Gasteiger partial charge >= 0.3 is 25.7 Å². The second-order valence-electron chi connectivity index (χ2n) is 18.7. The molecule has 0 aromatic heterocycles. The highest BCUT2D eigenvalue weighted by atomic mass is 31.2. The first kappa shape index (κ1) is 68.7. The van der Waals surface area contributed by atoms with Crippen molar-refractivity contribution in [3.05, 3.63) is 85.1 Å². The number of carbonyl (C=O) groups excluding carboxylic acids is 3. The van der Waals surface area contributed by atoms with Gasteiger partial charge in [-0.1, -0.05) is 196 Å². The zero-order valence-corrected chi connectivity index (χ0v) is 46.5. The zero-order valence-electron chi connectivity index (χ0n) is 45.6. The average Bonchev–Trinajstić information content (AvgIpc) is 3.37. The van der Waals surface area contributed by atoms with Crippen LogP contribution in [0.25, 0.3) is 0 Å². The molecule has 11 nitrogen and oxygen atoms in total. The molecular formula is C60H103O11P. The summed E-state index contributed by atoms with van der Waals surface area (Å²) in [5, 5.41) is 9.80. The molecule has 0 aliphatic carbocycles. The maximum absolute atomic E-state index is 12.9. The van der Waals surface area contributed by atoms with Crippen LogP contribution in [0.3, 0.4) is 0 Å². The first-order valence-corrected chi connectivity index (χ1v) is 30.0. The number of ether oxygens (including phenoxy) is 3. The molecule has 0 spiro atoms. The molecule has 414 valence electrons. The van der Waals surface area contributed by atoms with Gasteiger partial charge in [-0.2, -0.15) is 0 Å². The lowest BCUT2D eigenvalue weighted by Gasteiger charge is -2.21. The number of phosphoric acid groups is 1. The normalized spacial score (nSPS) is 14.0. The predicted molar refractivity (Wildman–Crippen MR) is 298 cm³/mol. The number of unbranched alkanes of at least 4 members (excludes halogenated alkanes) is 21. The van der Waals surface area contributed by atoms with Crippen LogP contribution in [0.5, 0.6) is 0 Å². The highest BCUT2D eigenvalue weighted by Gasteiger charge is 2.28. The third-order valence-electron chi connectivity index (χ3n) is 11.8. The molecule has 3 atom stereocenters. The van der Waals surface area contributed by atoms with Crippen molar-refractivity contribution in [3.8, 4) is 0 Å². The molecule has 0 aromatic rings. The summed E-state index contributed by atoms with van der Waals surface area (Å²) < 4.78 is 39.5. The number of allylic oxidation sites excluding steroid dienone is 14. The number of carbonyl (C=O) groups is 3. The maximum Gasteiger partial charge on any atom is 0.472 e. The summed E-state index contributed by atoms with van der Waals surface area (Å²) in [6.45, 7) is 4.37. The van der Waals surface area contributed by atoms with E-state index in [0.717, 1.165) is 141 Å². The first-order valence-electron chi connectivity index (χ1n) is 28.5. The van der Waals surface area contributed by atoms with E-state index in [1.165, 1.54) is 38.5 Å². The fourth-order valence-corrected chi connectivity index (χ4v) is 8.28.